The van der Waals surface area contributed by atoms with E-state index in [1.165, 1.54) is 0 Å². The molecular weight excluding hydrogens is 328 g/mol. The molecule has 1 aromatic rings. The molecular formula is C17H22N2O4S. The molecule has 130 valence electrons. The van der Waals surface area contributed by atoms with Crippen LogP contribution in [0.2, 0.25) is 0 Å². The van der Waals surface area contributed by atoms with Crippen LogP contribution in [0.1, 0.15) is 30.1 Å². The van der Waals surface area contributed by atoms with E-state index >= 15 is 0 Å². The quantitative estimate of drug-likeness (QED) is 0.662. The van der Waals surface area contributed by atoms with Crippen molar-refractivity contribution < 1.29 is 19.1 Å². The van der Waals surface area contributed by atoms with Crippen LogP contribution in [0.15, 0.2) is 24.3 Å². The molecule has 0 aliphatic carbocycles. The van der Waals surface area contributed by atoms with Gasteiger partial charge in [0.15, 0.2) is 5.11 Å². The van der Waals surface area contributed by atoms with Crippen molar-refractivity contribution in [1.29, 1.82) is 0 Å². The van der Waals surface area contributed by atoms with Crippen molar-refractivity contribution in [3.63, 3.8) is 0 Å². The average molecular weight is 350 g/mol. The first-order valence-corrected chi connectivity index (χ1v) is 8.37. The molecule has 1 heterocycles. The van der Waals surface area contributed by atoms with Gasteiger partial charge in [-0.15, -0.1) is 0 Å². The Morgan fingerprint density at radius 1 is 1.33 bits per heavy atom. The van der Waals surface area contributed by atoms with Gasteiger partial charge in [-0.3, -0.25) is 14.9 Å². The lowest BCUT2D eigenvalue weighted by Crippen LogP contribution is -2.48. The Labute approximate surface area is 147 Å². The molecule has 0 radical (unpaired) electrons. The maximum Gasteiger partial charge on any atom is 0.310 e. The number of methoxy groups -OCH3 is 1. The number of likely N-dealkylation sites (tertiary alicyclic amines) is 1. The van der Waals surface area contributed by atoms with E-state index in [4.69, 9.17) is 21.7 Å². The number of hydrogen-bond acceptors (Lipinski definition) is 5. The van der Waals surface area contributed by atoms with Gasteiger partial charge >= 0.3 is 5.97 Å². The molecule has 1 aliphatic rings. The van der Waals surface area contributed by atoms with Crippen LogP contribution in [0.25, 0.3) is 0 Å². The van der Waals surface area contributed by atoms with Crippen molar-refractivity contribution in [3.05, 3.63) is 29.8 Å². The van der Waals surface area contributed by atoms with Crippen LogP contribution in [-0.2, 0) is 9.53 Å². The molecule has 1 fully saturated rings. The molecule has 2 rings (SSSR count). The molecule has 0 bridgehead atoms. The Bertz CT molecular complexity index is 603. The third-order valence-electron chi connectivity index (χ3n) is 3.90. The largest absolute Gasteiger partial charge is 0.497 e. The average Bonchev–Trinajstić information content (AvgIpc) is 2.62. The summed E-state index contributed by atoms with van der Waals surface area (Å²) in [5, 5.41) is 3.06. The van der Waals surface area contributed by atoms with E-state index in [-0.39, 0.29) is 17.8 Å². The molecule has 1 saturated heterocycles. The summed E-state index contributed by atoms with van der Waals surface area (Å²) in [7, 11) is 1.57. The Balaban J connectivity index is 1.93. The van der Waals surface area contributed by atoms with Crippen molar-refractivity contribution in [2.45, 2.75) is 19.8 Å². The van der Waals surface area contributed by atoms with Gasteiger partial charge in [-0.2, -0.15) is 0 Å². The van der Waals surface area contributed by atoms with Gasteiger partial charge in [0.25, 0.3) is 5.91 Å². The van der Waals surface area contributed by atoms with E-state index < -0.39 is 0 Å². The van der Waals surface area contributed by atoms with Crippen molar-refractivity contribution in [2.75, 3.05) is 26.8 Å². The Morgan fingerprint density at radius 3 is 2.67 bits per heavy atom. The summed E-state index contributed by atoms with van der Waals surface area (Å²) >= 11 is 5.32. The van der Waals surface area contributed by atoms with E-state index in [1.54, 1.807) is 38.3 Å². The van der Waals surface area contributed by atoms with Crippen LogP contribution in [0.4, 0.5) is 0 Å². The predicted molar refractivity (Wildman–Crippen MR) is 94.0 cm³/mol. The third kappa shape index (κ3) is 4.67. The molecule has 7 heteroatoms. The highest BCUT2D eigenvalue weighted by Gasteiger charge is 2.28. The number of ether oxygens (including phenoxy) is 2. The molecule has 0 aromatic heterocycles. The van der Waals surface area contributed by atoms with Crippen molar-refractivity contribution in [2.24, 2.45) is 5.92 Å². The van der Waals surface area contributed by atoms with Gasteiger partial charge in [-0.05, 0) is 56.2 Å². The highest BCUT2D eigenvalue weighted by Crippen LogP contribution is 2.18. The maximum atomic E-state index is 12.3. The summed E-state index contributed by atoms with van der Waals surface area (Å²) in [6.45, 7) is 3.35. The number of piperidine rings is 1. The molecule has 1 N–H and O–H groups in total. The van der Waals surface area contributed by atoms with Crippen LogP contribution < -0.4 is 10.1 Å². The van der Waals surface area contributed by atoms with Crippen LogP contribution in [-0.4, -0.2) is 48.7 Å². The number of carbonyl (C=O) groups is 2. The molecule has 6 nitrogen and oxygen atoms in total. The zero-order valence-electron chi connectivity index (χ0n) is 13.9. The Morgan fingerprint density at radius 2 is 2.04 bits per heavy atom. The van der Waals surface area contributed by atoms with Crippen molar-refractivity contribution in [3.8, 4) is 5.75 Å². The molecule has 1 amide bonds. The minimum Gasteiger partial charge on any atom is -0.497 e. The predicted octanol–water partition coefficient (Wildman–Crippen LogP) is 1.98. The van der Waals surface area contributed by atoms with Crippen LogP contribution in [0.5, 0.6) is 5.75 Å². The number of nitrogens with one attached hydrogen (secondary N) is 1. The van der Waals surface area contributed by atoms with Gasteiger partial charge < -0.3 is 14.4 Å². The van der Waals surface area contributed by atoms with Gasteiger partial charge in [0.2, 0.25) is 0 Å². The number of benzene rings is 1. The number of nitrogens with zero attached hydrogens (tertiary/aromatic N) is 1. The van der Waals surface area contributed by atoms with E-state index in [2.05, 4.69) is 5.32 Å². The van der Waals surface area contributed by atoms with Gasteiger partial charge in [0, 0.05) is 18.7 Å². The number of rotatable bonds is 4. The van der Waals surface area contributed by atoms with Gasteiger partial charge in [-0.1, -0.05) is 0 Å². The number of carbonyl (C=O) groups excluding carboxylic acids is 2. The first-order valence-electron chi connectivity index (χ1n) is 7.96. The first kappa shape index (κ1) is 18.2. The lowest BCUT2D eigenvalue weighted by molar-refractivity contribution is -0.149. The van der Waals surface area contributed by atoms with E-state index in [9.17, 15) is 9.59 Å². The fraction of sp³-hybridized carbons (Fsp3) is 0.471. The van der Waals surface area contributed by atoms with Crippen molar-refractivity contribution in [1.82, 2.24) is 10.2 Å². The van der Waals surface area contributed by atoms with E-state index in [0.29, 0.717) is 29.6 Å². The van der Waals surface area contributed by atoms with E-state index in [0.717, 1.165) is 19.4 Å². The second-order valence-electron chi connectivity index (χ2n) is 5.52. The number of amides is 1. The summed E-state index contributed by atoms with van der Waals surface area (Å²) in [6.07, 6.45) is 1.62. The normalized spacial score (nSPS) is 17.1. The lowest BCUT2D eigenvalue weighted by Gasteiger charge is -2.33. The second-order valence-corrected chi connectivity index (χ2v) is 5.91. The minimum atomic E-state index is -0.277. The molecule has 0 spiro atoms. The van der Waals surface area contributed by atoms with Gasteiger partial charge in [0.1, 0.15) is 5.75 Å². The fourth-order valence-corrected chi connectivity index (χ4v) is 2.86. The number of hydrogen-bond donors (Lipinski definition) is 1. The van der Waals surface area contributed by atoms with E-state index in [1.807, 2.05) is 4.90 Å². The molecule has 1 atom stereocenters. The van der Waals surface area contributed by atoms with Crippen LogP contribution >= 0.6 is 12.2 Å². The first-order chi connectivity index (χ1) is 11.5. The summed E-state index contributed by atoms with van der Waals surface area (Å²) in [5.74, 6) is 0.00404. The molecule has 1 unspecified atom stereocenters. The molecule has 24 heavy (non-hydrogen) atoms. The lowest BCUT2D eigenvalue weighted by atomic mass is 9.98. The highest BCUT2D eigenvalue weighted by atomic mass is 32.1. The summed E-state index contributed by atoms with van der Waals surface area (Å²) in [6, 6.07) is 6.79. The maximum absolute atomic E-state index is 12.3. The molecule has 1 aliphatic heterocycles. The monoisotopic (exact) mass is 350 g/mol. The smallest absolute Gasteiger partial charge is 0.310 e. The topological polar surface area (TPSA) is 67.9 Å². The second kappa shape index (κ2) is 8.63. The Kier molecular flexibility index (Phi) is 6.54. The third-order valence-corrected chi connectivity index (χ3v) is 4.26. The SMILES string of the molecule is CCOC(=O)C1CCCN(C(=S)NC(=O)c2ccc(OC)cc2)C1. The number of thiocarbonyl (C=S) groups is 1. The fourth-order valence-electron chi connectivity index (χ4n) is 2.60. The summed E-state index contributed by atoms with van der Waals surface area (Å²) in [5.41, 5.74) is 0.497. The molecule has 1 aromatic carbocycles. The number of esters is 1. The summed E-state index contributed by atoms with van der Waals surface area (Å²) < 4.78 is 10.1. The van der Waals surface area contributed by atoms with Crippen LogP contribution in [0.3, 0.4) is 0 Å². The minimum absolute atomic E-state index is 0.200. The van der Waals surface area contributed by atoms with Crippen LogP contribution in [0, 0.1) is 5.92 Å². The standard InChI is InChI=1S/C17H22N2O4S/c1-3-23-16(21)13-5-4-10-19(11-13)17(24)18-15(20)12-6-8-14(22-2)9-7-12/h6-9,13H,3-5,10-11H2,1-2H3,(H,18,20,24). The zero-order chi connectivity index (χ0) is 17.5. The summed E-state index contributed by atoms with van der Waals surface area (Å²) in [4.78, 5) is 26.0. The Hall–Kier alpha value is -2.15. The zero-order valence-corrected chi connectivity index (χ0v) is 14.7. The van der Waals surface area contributed by atoms with Crippen molar-refractivity contribution >= 4 is 29.2 Å². The molecule has 0 saturated carbocycles. The van der Waals surface area contributed by atoms with Gasteiger partial charge in [0.05, 0.1) is 19.6 Å². The van der Waals surface area contributed by atoms with Gasteiger partial charge in [-0.25, -0.2) is 0 Å². The highest BCUT2D eigenvalue weighted by molar-refractivity contribution is 7.80.